The fourth-order valence-electron chi connectivity index (χ4n) is 4.04. The van der Waals surface area contributed by atoms with Crippen LogP contribution in [0.3, 0.4) is 0 Å². The number of esters is 1. The Bertz CT molecular complexity index is 829. The molecule has 2 atom stereocenters. The molecule has 0 saturated carbocycles. The lowest BCUT2D eigenvalue weighted by molar-refractivity contribution is -0.148. The van der Waals surface area contributed by atoms with Crippen LogP contribution in [0.25, 0.3) is 0 Å². The summed E-state index contributed by atoms with van der Waals surface area (Å²) in [6, 6.07) is -0.883. The second-order valence-electron chi connectivity index (χ2n) is 10.2. The first-order chi connectivity index (χ1) is 19.9. The molecule has 7 heteroatoms. The molecule has 0 aromatic rings. The molecule has 0 heterocycles. The van der Waals surface area contributed by atoms with E-state index in [4.69, 9.17) is 10.5 Å². The van der Waals surface area contributed by atoms with Crippen molar-refractivity contribution in [3.8, 4) is 0 Å². The van der Waals surface area contributed by atoms with Crippen molar-refractivity contribution >= 4 is 17.8 Å². The van der Waals surface area contributed by atoms with Gasteiger partial charge in [0, 0.05) is 6.42 Å². The lowest BCUT2D eigenvalue weighted by Crippen LogP contribution is -2.40. The standard InChI is InChI=1S/C34H56N2O5/c1-3-5-7-8-9-10-11-12-13-14-15-16-17-18-22-28-33(38)41-30(24-6-4-2)25-20-19-21-27-32(37)36-31(34(39)40)26-23-29-35/h5,7,9-10,12-13,15-16,18,22,30-31H,3-4,6,8,11,14,17,19-21,23-29,35H2,1-2H3,(H,36,37)(H,39,40)/b7-5-,10-9-,13-12-,16-15-,22-18-. The first-order valence-corrected chi connectivity index (χ1v) is 15.6. The Morgan fingerprint density at radius 3 is 1.83 bits per heavy atom. The van der Waals surface area contributed by atoms with Crippen LogP contribution >= 0.6 is 0 Å². The summed E-state index contributed by atoms with van der Waals surface area (Å²) in [6.07, 6.45) is 33.2. The quantitative estimate of drug-likeness (QED) is 0.0561. The number of hydrogen-bond donors (Lipinski definition) is 3. The van der Waals surface area contributed by atoms with Gasteiger partial charge in [-0.3, -0.25) is 9.59 Å². The third kappa shape index (κ3) is 25.8. The molecule has 0 aliphatic carbocycles. The number of unbranched alkanes of at least 4 members (excludes halogenated alkanes) is 3. The Kier molecular flexibility index (Phi) is 26.5. The van der Waals surface area contributed by atoms with Gasteiger partial charge in [0.1, 0.15) is 12.1 Å². The van der Waals surface area contributed by atoms with Gasteiger partial charge in [0.2, 0.25) is 5.91 Å². The van der Waals surface area contributed by atoms with Gasteiger partial charge in [-0.15, -0.1) is 0 Å². The number of carboxylic acids is 1. The number of ether oxygens (including phenoxy) is 1. The van der Waals surface area contributed by atoms with Gasteiger partial charge in [-0.05, 0) is 77.2 Å². The Labute approximate surface area is 249 Å². The summed E-state index contributed by atoms with van der Waals surface area (Å²) in [5, 5.41) is 11.8. The molecule has 0 spiro atoms. The van der Waals surface area contributed by atoms with Crippen LogP contribution in [0.1, 0.15) is 117 Å². The maximum Gasteiger partial charge on any atom is 0.326 e. The molecular formula is C34H56N2O5. The summed E-state index contributed by atoms with van der Waals surface area (Å²) >= 11 is 0. The Morgan fingerprint density at radius 1 is 0.732 bits per heavy atom. The molecule has 0 aromatic heterocycles. The number of rotatable bonds is 26. The molecule has 0 bridgehead atoms. The predicted molar refractivity (Wildman–Crippen MR) is 169 cm³/mol. The molecule has 4 N–H and O–H groups in total. The van der Waals surface area contributed by atoms with E-state index in [1.54, 1.807) is 0 Å². The number of aliphatic carboxylic acids is 1. The fraction of sp³-hybridized carbons (Fsp3) is 0.618. The predicted octanol–water partition coefficient (Wildman–Crippen LogP) is 7.49. The average Bonchev–Trinajstić information content (AvgIpc) is 2.95. The number of carbonyl (C=O) groups is 3. The number of carbonyl (C=O) groups excluding carboxylic acids is 2. The third-order valence-electron chi connectivity index (χ3n) is 6.38. The first-order valence-electron chi connectivity index (χ1n) is 15.6. The normalized spacial score (nSPS) is 13.6. The maximum atomic E-state index is 12.3. The Balaban J connectivity index is 4.17. The maximum absolute atomic E-state index is 12.3. The lowest BCUT2D eigenvalue weighted by Gasteiger charge is -2.17. The summed E-state index contributed by atoms with van der Waals surface area (Å²) < 4.78 is 5.73. The molecule has 0 fully saturated rings. The van der Waals surface area contributed by atoms with Gasteiger partial charge in [0.05, 0.1) is 6.42 Å². The smallest absolute Gasteiger partial charge is 0.326 e. The van der Waals surface area contributed by atoms with E-state index in [1.807, 2.05) is 12.2 Å². The van der Waals surface area contributed by atoms with Crippen molar-refractivity contribution < 1.29 is 24.2 Å². The number of nitrogens with two attached hydrogens (primary N) is 1. The third-order valence-corrected chi connectivity index (χ3v) is 6.38. The van der Waals surface area contributed by atoms with Crippen molar-refractivity contribution in [2.24, 2.45) is 5.73 Å². The van der Waals surface area contributed by atoms with Crippen molar-refractivity contribution in [1.29, 1.82) is 0 Å². The van der Waals surface area contributed by atoms with Crippen molar-refractivity contribution in [3.05, 3.63) is 60.8 Å². The van der Waals surface area contributed by atoms with Crippen molar-refractivity contribution in [3.63, 3.8) is 0 Å². The van der Waals surface area contributed by atoms with Gasteiger partial charge in [-0.25, -0.2) is 4.79 Å². The molecule has 232 valence electrons. The SMILES string of the molecule is CC/C=C\C/C=C\C/C=C\C/C=C\C/C=C\CC(=O)OC(CCCC)CCCCCC(=O)NC(CCCN)C(=O)O. The second kappa shape index (κ2) is 28.6. The zero-order valence-corrected chi connectivity index (χ0v) is 25.6. The lowest BCUT2D eigenvalue weighted by atomic mass is 10.0. The molecule has 0 radical (unpaired) electrons. The monoisotopic (exact) mass is 572 g/mol. The largest absolute Gasteiger partial charge is 0.480 e. The minimum absolute atomic E-state index is 0.105. The van der Waals surface area contributed by atoms with Crippen LogP contribution < -0.4 is 11.1 Å². The molecule has 0 aromatic carbocycles. The van der Waals surface area contributed by atoms with Gasteiger partial charge in [0.25, 0.3) is 0 Å². The molecule has 2 unspecified atom stereocenters. The highest BCUT2D eigenvalue weighted by Gasteiger charge is 2.19. The highest BCUT2D eigenvalue weighted by Crippen LogP contribution is 2.15. The van der Waals surface area contributed by atoms with Gasteiger partial charge in [-0.2, -0.15) is 0 Å². The van der Waals surface area contributed by atoms with Crippen LogP contribution in [0.4, 0.5) is 0 Å². The van der Waals surface area contributed by atoms with Crippen molar-refractivity contribution in [1.82, 2.24) is 5.32 Å². The number of allylic oxidation sites excluding steroid dienone is 9. The van der Waals surface area contributed by atoms with E-state index >= 15 is 0 Å². The van der Waals surface area contributed by atoms with Crippen molar-refractivity contribution in [2.75, 3.05) is 6.54 Å². The summed E-state index contributed by atoms with van der Waals surface area (Å²) in [5.41, 5.74) is 5.44. The van der Waals surface area contributed by atoms with E-state index < -0.39 is 12.0 Å². The summed E-state index contributed by atoms with van der Waals surface area (Å²) in [5.74, 6) is -1.48. The van der Waals surface area contributed by atoms with Gasteiger partial charge >= 0.3 is 11.9 Å². The van der Waals surface area contributed by atoms with Crippen LogP contribution in [0.5, 0.6) is 0 Å². The minimum atomic E-state index is -1.03. The second-order valence-corrected chi connectivity index (χ2v) is 10.2. The summed E-state index contributed by atoms with van der Waals surface area (Å²) in [4.78, 5) is 35.7. The summed E-state index contributed by atoms with van der Waals surface area (Å²) in [7, 11) is 0. The van der Waals surface area contributed by atoms with E-state index in [9.17, 15) is 19.5 Å². The van der Waals surface area contributed by atoms with E-state index in [2.05, 4.69) is 67.8 Å². The van der Waals surface area contributed by atoms with E-state index in [1.165, 1.54) is 0 Å². The molecule has 41 heavy (non-hydrogen) atoms. The van der Waals surface area contributed by atoms with Crippen LogP contribution in [-0.4, -0.2) is 41.6 Å². The zero-order chi connectivity index (χ0) is 30.4. The number of carboxylic acid groups (broad SMARTS) is 1. The highest BCUT2D eigenvalue weighted by atomic mass is 16.5. The molecular weight excluding hydrogens is 516 g/mol. The zero-order valence-electron chi connectivity index (χ0n) is 25.6. The Morgan fingerprint density at radius 2 is 1.29 bits per heavy atom. The number of amides is 1. The first kappa shape index (κ1) is 38.1. The Hall–Kier alpha value is -2.93. The average molecular weight is 573 g/mol. The molecule has 0 rings (SSSR count). The molecule has 1 amide bonds. The van der Waals surface area contributed by atoms with E-state index in [-0.39, 0.29) is 30.8 Å². The van der Waals surface area contributed by atoms with Gasteiger partial charge in [-0.1, -0.05) is 93.9 Å². The van der Waals surface area contributed by atoms with E-state index in [0.29, 0.717) is 25.8 Å². The van der Waals surface area contributed by atoms with E-state index in [0.717, 1.165) is 70.6 Å². The molecule has 0 aliphatic heterocycles. The van der Waals surface area contributed by atoms with Crippen LogP contribution in [0, 0.1) is 0 Å². The summed E-state index contributed by atoms with van der Waals surface area (Å²) in [6.45, 7) is 4.65. The highest BCUT2D eigenvalue weighted by molar-refractivity contribution is 5.83. The fourth-order valence-corrected chi connectivity index (χ4v) is 4.04. The van der Waals surface area contributed by atoms with Crippen LogP contribution in [0.15, 0.2) is 60.8 Å². The number of hydrogen-bond acceptors (Lipinski definition) is 5. The molecule has 0 saturated heterocycles. The van der Waals surface area contributed by atoms with Gasteiger partial charge in [0.15, 0.2) is 0 Å². The topological polar surface area (TPSA) is 119 Å². The van der Waals surface area contributed by atoms with Crippen LogP contribution in [-0.2, 0) is 19.1 Å². The minimum Gasteiger partial charge on any atom is -0.480 e. The molecule has 7 nitrogen and oxygen atoms in total. The van der Waals surface area contributed by atoms with Gasteiger partial charge < -0.3 is 20.9 Å². The molecule has 0 aliphatic rings. The van der Waals surface area contributed by atoms with Crippen molar-refractivity contribution in [2.45, 2.75) is 129 Å². The van der Waals surface area contributed by atoms with Crippen LogP contribution in [0.2, 0.25) is 0 Å². The number of nitrogens with one attached hydrogen (secondary N) is 1.